The van der Waals surface area contributed by atoms with Gasteiger partial charge in [-0.15, -0.1) is 24.0 Å². The van der Waals surface area contributed by atoms with Gasteiger partial charge < -0.3 is 15.3 Å². The molecule has 28 heavy (non-hydrogen) atoms. The molecule has 2 aromatic carbocycles. The maximum Gasteiger partial charge on any atom is 0.194 e. The van der Waals surface area contributed by atoms with Crippen molar-refractivity contribution in [2.75, 3.05) is 26.2 Å². The van der Waals surface area contributed by atoms with Crippen LogP contribution in [0.5, 0.6) is 0 Å². The van der Waals surface area contributed by atoms with E-state index < -0.39 is 11.9 Å². The van der Waals surface area contributed by atoms with E-state index in [0.29, 0.717) is 11.5 Å². The summed E-state index contributed by atoms with van der Waals surface area (Å²) in [6, 6.07) is 16.9. The molecule has 2 unspecified atom stereocenters. The number of benzene rings is 2. The highest BCUT2D eigenvalue weighted by atomic mass is 127. The van der Waals surface area contributed by atoms with Crippen molar-refractivity contribution in [3.05, 3.63) is 71.5 Å². The molecule has 1 fully saturated rings. The number of nitrogens with zero attached hydrogens (tertiary/aromatic N) is 2. The molecule has 4 nitrogen and oxygen atoms in total. The highest BCUT2D eigenvalue weighted by molar-refractivity contribution is 14.0. The Hall–Kier alpha value is -1.67. The Balaban J connectivity index is 0.00000280. The zero-order valence-corrected chi connectivity index (χ0v) is 18.6. The third-order valence-corrected chi connectivity index (χ3v) is 4.97. The fraction of sp³-hybridized carbons (Fsp3) is 0.409. The van der Waals surface area contributed by atoms with Gasteiger partial charge in [-0.25, -0.2) is 4.39 Å². The number of hydrogen-bond acceptors (Lipinski definition) is 2. The highest BCUT2D eigenvalue weighted by Gasteiger charge is 2.25. The van der Waals surface area contributed by atoms with Crippen LogP contribution in [0.3, 0.4) is 0 Å². The van der Waals surface area contributed by atoms with Crippen molar-refractivity contribution in [2.24, 2.45) is 10.9 Å². The third kappa shape index (κ3) is 6.17. The summed E-state index contributed by atoms with van der Waals surface area (Å²) in [6.45, 7) is 4.81. The summed E-state index contributed by atoms with van der Waals surface area (Å²) in [5.41, 5.74) is 1.65. The van der Waals surface area contributed by atoms with Gasteiger partial charge in [-0.3, -0.25) is 4.99 Å². The van der Waals surface area contributed by atoms with Crippen LogP contribution < -0.4 is 5.32 Å². The van der Waals surface area contributed by atoms with Gasteiger partial charge in [-0.05, 0) is 37.3 Å². The van der Waals surface area contributed by atoms with Gasteiger partial charge in [-0.1, -0.05) is 48.5 Å². The fourth-order valence-corrected chi connectivity index (χ4v) is 3.58. The Labute approximate surface area is 183 Å². The monoisotopic (exact) mass is 497 g/mol. The zero-order valence-electron chi connectivity index (χ0n) is 16.2. The number of nitrogens with one attached hydrogen (secondary N) is 1. The molecule has 1 saturated heterocycles. The summed E-state index contributed by atoms with van der Waals surface area (Å²) in [7, 11) is 0. The summed E-state index contributed by atoms with van der Waals surface area (Å²) in [4.78, 5) is 6.81. The van der Waals surface area contributed by atoms with Crippen LogP contribution in [-0.4, -0.2) is 42.1 Å². The number of aliphatic imine (C=N–C) groups is 1. The second-order valence-corrected chi connectivity index (χ2v) is 7.02. The molecule has 1 aliphatic heterocycles. The quantitative estimate of drug-likeness (QED) is 0.361. The van der Waals surface area contributed by atoms with Crippen LogP contribution in [0.25, 0.3) is 0 Å². The van der Waals surface area contributed by atoms with E-state index in [1.807, 2.05) is 13.0 Å². The smallest absolute Gasteiger partial charge is 0.194 e. The van der Waals surface area contributed by atoms with E-state index in [4.69, 9.17) is 0 Å². The lowest BCUT2D eigenvalue weighted by Crippen LogP contribution is -2.40. The Morgan fingerprint density at radius 1 is 1.21 bits per heavy atom. The van der Waals surface area contributed by atoms with Crippen LogP contribution in [0.15, 0.2) is 59.6 Å². The minimum atomic E-state index is -0.942. The third-order valence-electron chi connectivity index (χ3n) is 4.97. The number of likely N-dealkylation sites (tertiary alicyclic amines) is 1. The van der Waals surface area contributed by atoms with Crippen molar-refractivity contribution in [3.8, 4) is 0 Å². The minimum absolute atomic E-state index is 0. The molecular formula is C22H29FIN3O. The van der Waals surface area contributed by atoms with E-state index in [2.05, 4.69) is 39.5 Å². The molecule has 2 aromatic rings. The lowest BCUT2D eigenvalue weighted by molar-refractivity contribution is 0.181. The van der Waals surface area contributed by atoms with Gasteiger partial charge in [0.2, 0.25) is 0 Å². The molecule has 0 spiro atoms. The first-order chi connectivity index (χ1) is 13.2. The van der Waals surface area contributed by atoms with Crippen LogP contribution in [-0.2, 0) is 6.42 Å². The van der Waals surface area contributed by atoms with E-state index >= 15 is 0 Å². The highest BCUT2D eigenvalue weighted by Crippen LogP contribution is 2.22. The average molecular weight is 497 g/mol. The van der Waals surface area contributed by atoms with Gasteiger partial charge in [0, 0.05) is 25.2 Å². The number of aliphatic hydroxyl groups is 1. The van der Waals surface area contributed by atoms with Gasteiger partial charge in [0.1, 0.15) is 11.9 Å². The summed E-state index contributed by atoms with van der Waals surface area (Å²) >= 11 is 0. The molecule has 0 saturated carbocycles. The first-order valence-corrected chi connectivity index (χ1v) is 9.67. The molecule has 152 valence electrons. The van der Waals surface area contributed by atoms with Gasteiger partial charge in [0.15, 0.2) is 5.96 Å². The first kappa shape index (κ1) is 22.6. The van der Waals surface area contributed by atoms with Crippen LogP contribution in [0.1, 0.15) is 30.6 Å². The van der Waals surface area contributed by atoms with E-state index in [0.717, 1.165) is 38.4 Å². The lowest BCUT2D eigenvalue weighted by atomic mass is 9.99. The molecular weight excluding hydrogens is 468 g/mol. The second kappa shape index (κ2) is 11.4. The summed E-state index contributed by atoms with van der Waals surface area (Å²) in [5, 5.41) is 13.6. The van der Waals surface area contributed by atoms with Crippen molar-refractivity contribution in [2.45, 2.75) is 25.9 Å². The van der Waals surface area contributed by atoms with Crippen molar-refractivity contribution >= 4 is 29.9 Å². The topological polar surface area (TPSA) is 47.9 Å². The van der Waals surface area contributed by atoms with Gasteiger partial charge in [0.05, 0.1) is 6.54 Å². The normalized spacial score (nSPS) is 17.9. The summed E-state index contributed by atoms with van der Waals surface area (Å²) < 4.78 is 13.8. The largest absolute Gasteiger partial charge is 0.386 e. The molecule has 0 bridgehead atoms. The van der Waals surface area contributed by atoms with Gasteiger partial charge >= 0.3 is 0 Å². The van der Waals surface area contributed by atoms with E-state index in [9.17, 15) is 9.50 Å². The number of rotatable bonds is 6. The Morgan fingerprint density at radius 3 is 2.64 bits per heavy atom. The average Bonchev–Trinajstić information content (AvgIpc) is 3.14. The van der Waals surface area contributed by atoms with Gasteiger partial charge in [-0.2, -0.15) is 0 Å². The molecule has 0 radical (unpaired) electrons. The molecule has 6 heteroatoms. The molecule has 0 aromatic heterocycles. The standard InChI is InChI=1S/C22H28FN3O.HI/c1-2-24-22(25-15-21(27)19-10-6-7-11-20(19)23)26-13-12-18(16-26)14-17-8-4-3-5-9-17;/h3-11,18,21,27H,2,12-16H2,1H3,(H,24,25);1H. The number of guanidine groups is 1. The first-order valence-electron chi connectivity index (χ1n) is 9.67. The van der Waals surface area contributed by atoms with Crippen LogP contribution >= 0.6 is 24.0 Å². The number of hydrogen-bond donors (Lipinski definition) is 2. The molecule has 2 atom stereocenters. The van der Waals surface area contributed by atoms with E-state index in [1.54, 1.807) is 18.2 Å². The molecule has 1 heterocycles. The summed E-state index contributed by atoms with van der Waals surface area (Å²) in [5.74, 6) is 0.991. The Morgan fingerprint density at radius 2 is 1.93 bits per heavy atom. The summed E-state index contributed by atoms with van der Waals surface area (Å²) in [6.07, 6.45) is 1.24. The van der Waals surface area contributed by atoms with Gasteiger partial charge in [0.25, 0.3) is 0 Å². The van der Waals surface area contributed by atoms with Crippen LogP contribution in [0.4, 0.5) is 4.39 Å². The zero-order chi connectivity index (χ0) is 19.1. The predicted octanol–water partition coefficient (Wildman–Crippen LogP) is 4.01. The predicted molar refractivity (Wildman–Crippen MR) is 123 cm³/mol. The molecule has 3 rings (SSSR count). The lowest BCUT2D eigenvalue weighted by Gasteiger charge is -2.22. The van der Waals surface area contributed by atoms with E-state index in [-0.39, 0.29) is 30.5 Å². The molecule has 0 amide bonds. The molecule has 1 aliphatic rings. The van der Waals surface area contributed by atoms with Crippen molar-refractivity contribution in [1.82, 2.24) is 10.2 Å². The number of aliphatic hydroxyl groups excluding tert-OH is 1. The van der Waals surface area contributed by atoms with Crippen molar-refractivity contribution < 1.29 is 9.50 Å². The van der Waals surface area contributed by atoms with Crippen molar-refractivity contribution in [1.29, 1.82) is 0 Å². The van der Waals surface area contributed by atoms with Crippen LogP contribution in [0.2, 0.25) is 0 Å². The molecule has 2 N–H and O–H groups in total. The Bertz CT molecular complexity index is 756. The molecule has 0 aliphatic carbocycles. The van der Waals surface area contributed by atoms with E-state index in [1.165, 1.54) is 11.6 Å². The van der Waals surface area contributed by atoms with Crippen LogP contribution in [0, 0.1) is 11.7 Å². The second-order valence-electron chi connectivity index (χ2n) is 7.02. The number of halogens is 2. The maximum absolute atomic E-state index is 13.8. The maximum atomic E-state index is 13.8. The van der Waals surface area contributed by atoms with Crippen molar-refractivity contribution in [3.63, 3.8) is 0 Å². The minimum Gasteiger partial charge on any atom is -0.386 e. The SMILES string of the molecule is CCNC(=NCC(O)c1ccccc1F)N1CCC(Cc2ccccc2)C1.I. The fourth-order valence-electron chi connectivity index (χ4n) is 3.58. The Kier molecular flexibility index (Phi) is 9.18.